The van der Waals surface area contributed by atoms with E-state index in [-0.39, 0.29) is 0 Å². The van der Waals surface area contributed by atoms with Crippen molar-refractivity contribution >= 4 is 87.4 Å². The normalized spacial score (nSPS) is 12.3. The first-order valence-electron chi connectivity index (χ1n) is 15.5. The molecule has 5 heteroatoms. The Bertz CT molecular complexity index is 3040. The van der Waals surface area contributed by atoms with Gasteiger partial charge in [0.05, 0.1) is 27.5 Å². The van der Waals surface area contributed by atoms with Gasteiger partial charge in [0.15, 0.2) is 5.58 Å². The van der Waals surface area contributed by atoms with E-state index in [0.717, 1.165) is 60.5 Å². The first-order chi connectivity index (χ1) is 22.8. The first-order valence-corrected chi connectivity index (χ1v) is 15.5. The van der Waals surface area contributed by atoms with Crippen LogP contribution in [0.25, 0.3) is 99.1 Å². The van der Waals surface area contributed by atoms with Crippen LogP contribution in [0.5, 0.6) is 0 Å². The number of fused-ring (bicyclic) bond motifs is 12. The Morgan fingerprint density at radius 1 is 0.435 bits per heavy atom. The van der Waals surface area contributed by atoms with E-state index in [1.165, 1.54) is 32.6 Å². The number of aromatic nitrogens is 3. The molecule has 0 unspecified atom stereocenters. The largest absolute Gasteiger partial charge is 0.456 e. The summed E-state index contributed by atoms with van der Waals surface area (Å²) >= 11 is 0. The maximum atomic E-state index is 6.71. The molecule has 214 valence electrons. The Balaban J connectivity index is 1.23. The molecule has 0 aliphatic carbocycles. The maximum absolute atomic E-state index is 6.71. The van der Waals surface area contributed by atoms with Crippen LogP contribution in [0.1, 0.15) is 0 Å². The summed E-state index contributed by atoms with van der Waals surface area (Å²) in [6, 6.07) is 49.7. The predicted molar refractivity (Wildman–Crippen MR) is 187 cm³/mol. The molecule has 0 aliphatic rings. The Morgan fingerprint density at radius 3 is 1.93 bits per heavy atom. The van der Waals surface area contributed by atoms with E-state index < -0.39 is 0 Å². The third kappa shape index (κ3) is 3.11. The van der Waals surface area contributed by atoms with Gasteiger partial charge >= 0.3 is 6.01 Å². The Kier molecular flexibility index (Phi) is 4.52. The molecule has 0 bridgehead atoms. The zero-order valence-electron chi connectivity index (χ0n) is 24.4. The molecule has 4 aromatic heterocycles. The van der Waals surface area contributed by atoms with Gasteiger partial charge in [0.2, 0.25) is 0 Å². The topological polar surface area (TPSA) is 49.0 Å². The molecule has 0 atom stereocenters. The van der Waals surface area contributed by atoms with Crippen LogP contribution in [0, 0.1) is 0 Å². The zero-order valence-corrected chi connectivity index (χ0v) is 24.4. The van der Waals surface area contributed by atoms with Crippen LogP contribution < -0.4 is 0 Å². The van der Waals surface area contributed by atoms with E-state index in [1.54, 1.807) is 0 Å². The van der Waals surface area contributed by atoms with Gasteiger partial charge in [-0.05, 0) is 65.4 Å². The lowest BCUT2D eigenvalue weighted by molar-refractivity contribution is 0.577. The van der Waals surface area contributed by atoms with Crippen molar-refractivity contribution in [3.05, 3.63) is 140 Å². The molecule has 11 aromatic rings. The minimum atomic E-state index is 0.532. The van der Waals surface area contributed by atoms with Crippen molar-refractivity contribution in [1.82, 2.24) is 14.1 Å². The Morgan fingerprint density at radius 2 is 1.09 bits per heavy atom. The van der Waals surface area contributed by atoms with Gasteiger partial charge in [0, 0.05) is 32.6 Å². The number of oxazole rings is 1. The summed E-state index contributed by atoms with van der Waals surface area (Å²) < 4.78 is 17.4. The van der Waals surface area contributed by atoms with Crippen molar-refractivity contribution in [2.45, 2.75) is 0 Å². The van der Waals surface area contributed by atoms with Crippen LogP contribution in [0.2, 0.25) is 0 Å². The average molecular weight is 590 g/mol. The Hall–Kier alpha value is -6.33. The molecule has 5 nitrogen and oxygen atoms in total. The standard InChI is InChI=1S/C41H23N3O2/c1-2-10-25-22-35-31(21-24(25)9-1)28-12-4-6-14-33(28)43(35)26-17-18-29-27-11-3-7-15-34(27)44(36(29)23-26)41-42-32-19-20-38-39(40(32)46-41)30-13-5-8-16-37(30)45-38/h1-23H. The predicted octanol–water partition coefficient (Wildman–Crippen LogP) is 11.1. The van der Waals surface area contributed by atoms with Crippen LogP contribution in [-0.2, 0) is 0 Å². The number of para-hydroxylation sites is 3. The van der Waals surface area contributed by atoms with Crippen molar-refractivity contribution in [3.63, 3.8) is 0 Å². The Labute approximate surface area is 261 Å². The first kappa shape index (κ1) is 24.0. The van der Waals surface area contributed by atoms with Crippen LogP contribution in [0.4, 0.5) is 0 Å². The summed E-state index contributed by atoms with van der Waals surface area (Å²) in [5, 5.41) is 9.21. The lowest BCUT2D eigenvalue weighted by atomic mass is 10.1. The lowest BCUT2D eigenvalue weighted by Gasteiger charge is -2.10. The summed E-state index contributed by atoms with van der Waals surface area (Å²) in [5.41, 5.74) is 8.66. The molecule has 7 aromatic carbocycles. The van der Waals surface area contributed by atoms with Gasteiger partial charge in [0.1, 0.15) is 16.7 Å². The molecule has 0 saturated heterocycles. The molecule has 0 spiro atoms. The molecule has 0 radical (unpaired) electrons. The third-order valence-corrected chi connectivity index (χ3v) is 9.53. The second-order valence-corrected chi connectivity index (χ2v) is 12.0. The fourth-order valence-electron chi connectivity index (χ4n) is 7.52. The highest BCUT2D eigenvalue weighted by Gasteiger charge is 2.21. The van der Waals surface area contributed by atoms with Crippen LogP contribution in [0.3, 0.4) is 0 Å². The molecule has 0 amide bonds. The molecule has 0 N–H and O–H groups in total. The van der Waals surface area contributed by atoms with Gasteiger partial charge in [-0.3, -0.25) is 4.57 Å². The van der Waals surface area contributed by atoms with Crippen molar-refractivity contribution in [3.8, 4) is 11.7 Å². The molecule has 11 rings (SSSR count). The van der Waals surface area contributed by atoms with Gasteiger partial charge in [-0.15, -0.1) is 0 Å². The fraction of sp³-hybridized carbons (Fsp3) is 0. The van der Waals surface area contributed by atoms with Crippen LogP contribution in [-0.4, -0.2) is 14.1 Å². The van der Waals surface area contributed by atoms with E-state index in [4.69, 9.17) is 13.8 Å². The highest BCUT2D eigenvalue weighted by molar-refractivity contribution is 6.17. The summed E-state index contributed by atoms with van der Waals surface area (Å²) in [6.07, 6.45) is 0. The van der Waals surface area contributed by atoms with Crippen molar-refractivity contribution in [1.29, 1.82) is 0 Å². The average Bonchev–Trinajstić information content (AvgIpc) is 3.85. The van der Waals surface area contributed by atoms with E-state index in [1.807, 2.05) is 30.3 Å². The monoisotopic (exact) mass is 589 g/mol. The molecule has 4 heterocycles. The van der Waals surface area contributed by atoms with E-state index in [2.05, 4.69) is 118 Å². The second kappa shape index (κ2) is 8.65. The van der Waals surface area contributed by atoms with Gasteiger partial charge in [-0.2, -0.15) is 4.98 Å². The lowest BCUT2D eigenvalue weighted by Crippen LogP contribution is -1.97. The summed E-state index contributed by atoms with van der Waals surface area (Å²) in [5.74, 6) is 0. The van der Waals surface area contributed by atoms with Crippen molar-refractivity contribution < 1.29 is 8.83 Å². The SMILES string of the molecule is c1ccc2cc3c(cc2c1)c1ccccc1n3-c1ccc2c3ccccc3n(-c3nc4ccc5oc6ccccc6c5c4o3)c2c1. The molecule has 0 fully saturated rings. The highest BCUT2D eigenvalue weighted by atomic mass is 16.4. The summed E-state index contributed by atoms with van der Waals surface area (Å²) in [6.45, 7) is 0. The van der Waals surface area contributed by atoms with Crippen molar-refractivity contribution in [2.75, 3.05) is 0 Å². The smallest absolute Gasteiger partial charge is 0.307 e. The number of hydrogen-bond donors (Lipinski definition) is 0. The van der Waals surface area contributed by atoms with Gasteiger partial charge in [-0.25, -0.2) is 0 Å². The number of furan rings is 1. The van der Waals surface area contributed by atoms with Crippen molar-refractivity contribution in [2.24, 2.45) is 0 Å². The molecule has 46 heavy (non-hydrogen) atoms. The fourth-order valence-corrected chi connectivity index (χ4v) is 7.52. The second-order valence-electron chi connectivity index (χ2n) is 12.0. The van der Waals surface area contributed by atoms with Gasteiger partial charge < -0.3 is 13.4 Å². The molecule has 0 saturated carbocycles. The van der Waals surface area contributed by atoms with Crippen LogP contribution in [0.15, 0.2) is 148 Å². The highest BCUT2D eigenvalue weighted by Crippen LogP contribution is 2.40. The number of benzene rings is 7. The number of nitrogens with zero attached hydrogens (tertiary/aromatic N) is 3. The summed E-state index contributed by atoms with van der Waals surface area (Å²) in [7, 11) is 0. The van der Waals surface area contributed by atoms with E-state index in [9.17, 15) is 0 Å². The minimum absolute atomic E-state index is 0.532. The van der Waals surface area contributed by atoms with E-state index >= 15 is 0 Å². The number of rotatable bonds is 2. The third-order valence-electron chi connectivity index (χ3n) is 9.53. The number of hydrogen-bond acceptors (Lipinski definition) is 3. The van der Waals surface area contributed by atoms with E-state index in [0.29, 0.717) is 6.01 Å². The van der Waals surface area contributed by atoms with Gasteiger partial charge in [-0.1, -0.05) is 84.9 Å². The molecule has 0 aliphatic heterocycles. The minimum Gasteiger partial charge on any atom is -0.456 e. The maximum Gasteiger partial charge on any atom is 0.307 e. The molecular formula is C41H23N3O2. The summed E-state index contributed by atoms with van der Waals surface area (Å²) in [4.78, 5) is 5.07. The van der Waals surface area contributed by atoms with Crippen LogP contribution >= 0.6 is 0 Å². The quantitative estimate of drug-likeness (QED) is 0.202. The molecular weight excluding hydrogens is 566 g/mol. The zero-order chi connectivity index (χ0) is 29.9. The van der Waals surface area contributed by atoms with Gasteiger partial charge in [0.25, 0.3) is 0 Å².